The monoisotopic (exact) mass is 343 g/mol. The van der Waals surface area contributed by atoms with Crippen LogP contribution in [-0.4, -0.2) is 41.0 Å². The number of hydrogen-bond acceptors (Lipinski definition) is 5. The first-order valence-electron chi connectivity index (χ1n) is 8.14. The van der Waals surface area contributed by atoms with Crippen molar-refractivity contribution in [2.24, 2.45) is 0 Å². The molecule has 0 radical (unpaired) electrons. The Labute approximate surface area is 149 Å². The van der Waals surface area contributed by atoms with Crippen molar-refractivity contribution in [1.82, 2.24) is 0 Å². The van der Waals surface area contributed by atoms with Gasteiger partial charge in [0.05, 0.1) is 11.5 Å². The van der Waals surface area contributed by atoms with Crippen LogP contribution in [0.1, 0.15) is 18.4 Å². The molecule has 0 N–H and O–H groups in total. The third-order valence-corrected chi connectivity index (χ3v) is 4.60. The molecule has 0 aliphatic rings. The molecule has 2 aromatic rings. The molecule has 0 spiro atoms. The number of rotatable bonds is 9. The predicted molar refractivity (Wildman–Crippen MR) is 96.1 cm³/mol. The van der Waals surface area contributed by atoms with Gasteiger partial charge in [-0.15, -0.1) is 0 Å². The zero-order chi connectivity index (χ0) is 18.3. The van der Waals surface area contributed by atoms with Crippen molar-refractivity contribution in [2.45, 2.75) is 30.8 Å². The third-order valence-electron chi connectivity index (χ3n) is 4.60. The topological polar surface area (TPSA) is 60.7 Å². The summed E-state index contributed by atoms with van der Waals surface area (Å²) in [5.41, 5.74) is 0.0316. The van der Waals surface area contributed by atoms with Crippen molar-refractivity contribution >= 4 is 10.8 Å². The van der Waals surface area contributed by atoms with Gasteiger partial charge in [0, 0.05) is 41.3 Å². The van der Waals surface area contributed by atoms with E-state index in [0.29, 0.717) is 12.8 Å². The fourth-order valence-corrected chi connectivity index (χ4v) is 3.06. The Morgan fingerprint density at radius 3 is 1.84 bits per heavy atom. The van der Waals surface area contributed by atoms with Gasteiger partial charge in [-0.3, -0.25) is 0 Å². The number of methoxy groups -OCH3 is 4. The highest BCUT2D eigenvalue weighted by molar-refractivity contribution is 5.83. The Morgan fingerprint density at radius 1 is 0.840 bits per heavy atom. The van der Waals surface area contributed by atoms with E-state index in [1.807, 2.05) is 42.5 Å². The molecule has 0 aliphatic carbocycles. The molecule has 0 bridgehead atoms. The van der Waals surface area contributed by atoms with Crippen molar-refractivity contribution < 1.29 is 18.9 Å². The van der Waals surface area contributed by atoms with Crippen LogP contribution in [0, 0.1) is 11.3 Å². The second-order valence-corrected chi connectivity index (χ2v) is 5.97. The highest BCUT2D eigenvalue weighted by Gasteiger charge is 2.38. The second-order valence-electron chi connectivity index (χ2n) is 5.97. The van der Waals surface area contributed by atoms with Gasteiger partial charge in [-0.25, -0.2) is 0 Å². The lowest BCUT2D eigenvalue weighted by molar-refractivity contribution is -0.136. The Bertz CT molecular complexity index is 703. The number of hydrogen-bond donors (Lipinski definition) is 0. The molecule has 2 aromatic carbocycles. The average molecular weight is 343 g/mol. The van der Waals surface area contributed by atoms with Crippen LogP contribution >= 0.6 is 0 Å². The summed E-state index contributed by atoms with van der Waals surface area (Å²) < 4.78 is 21.4. The molecule has 2 rings (SSSR count). The normalized spacial score (nSPS) is 12.0. The van der Waals surface area contributed by atoms with E-state index in [4.69, 9.17) is 18.9 Å². The Balaban J connectivity index is 2.51. The zero-order valence-corrected chi connectivity index (χ0v) is 15.2. The molecule has 0 saturated heterocycles. The summed E-state index contributed by atoms with van der Waals surface area (Å²) in [5, 5.41) is 12.3. The maximum absolute atomic E-state index is 10.1. The van der Waals surface area contributed by atoms with Gasteiger partial charge < -0.3 is 18.9 Å². The van der Waals surface area contributed by atoms with Gasteiger partial charge in [-0.05, 0) is 22.4 Å². The Kier molecular flexibility index (Phi) is 6.91. The average Bonchev–Trinajstić information content (AvgIpc) is 2.68. The Hall–Kier alpha value is -1.97. The lowest BCUT2D eigenvalue weighted by atomic mass is 9.75. The van der Waals surface area contributed by atoms with Crippen LogP contribution < -0.4 is 0 Å². The van der Waals surface area contributed by atoms with Gasteiger partial charge in [0.25, 0.3) is 0 Å². The summed E-state index contributed by atoms with van der Waals surface area (Å²) in [5.74, 6) is 0. The summed E-state index contributed by atoms with van der Waals surface area (Å²) in [6, 6.07) is 16.6. The Morgan fingerprint density at radius 2 is 1.36 bits per heavy atom. The molecule has 134 valence electrons. The van der Waals surface area contributed by atoms with E-state index in [0.717, 1.165) is 16.3 Å². The summed E-state index contributed by atoms with van der Waals surface area (Å²) >= 11 is 0. The number of nitriles is 1. The second kappa shape index (κ2) is 8.93. The molecular weight excluding hydrogens is 318 g/mol. The minimum atomic E-state index is -0.864. The largest absolute Gasteiger partial charge is 0.356 e. The van der Waals surface area contributed by atoms with Crippen LogP contribution in [0.2, 0.25) is 0 Å². The molecular formula is C20H25NO4. The third kappa shape index (κ3) is 4.36. The number of ether oxygens (including phenoxy) is 4. The molecule has 0 aromatic heterocycles. The molecule has 0 unspecified atom stereocenters. The molecule has 0 saturated carbocycles. The minimum Gasteiger partial charge on any atom is -0.356 e. The van der Waals surface area contributed by atoms with Crippen molar-refractivity contribution in [3.05, 3.63) is 48.0 Å². The van der Waals surface area contributed by atoms with Crippen LogP contribution in [0.4, 0.5) is 0 Å². The van der Waals surface area contributed by atoms with E-state index in [1.54, 1.807) is 28.4 Å². The smallest absolute Gasteiger partial charge is 0.158 e. The lowest BCUT2D eigenvalue weighted by Gasteiger charge is -2.32. The SMILES string of the molecule is COC(CC(C#N)(CC(OC)OC)c1ccc2ccccc2c1)OC. The van der Waals surface area contributed by atoms with Crippen LogP contribution in [-0.2, 0) is 24.4 Å². The first-order valence-corrected chi connectivity index (χ1v) is 8.14. The molecule has 0 aliphatic heterocycles. The van der Waals surface area contributed by atoms with Gasteiger partial charge in [0.1, 0.15) is 0 Å². The first-order chi connectivity index (χ1) is 12.1. The fraction of sp³-hybridized carbons (Fsp3) is 0.450. The predicted octanol–water partition coefficient (Wildman–Crippen LogP) is 3.62. The van der Waals surface area contributed by atoms with E-state index in [1.165, 1.54) is 0 Å². The van der Waals surface area contributed by atoms with E-state index >= 15 is 0 Å². The summed E-state index contributed by atoms with van der Waals surface area (Å²) in [6.07, 6.45) is -0.253. The van der Waals surface area contributed by atoms with E-state index in [-0.39, 0.29) is 0 Å². The van der Waals surface area contributed by atoms with E-state index < -0.39 is 18.0 Å². The molecule has 25 heavy (non-hydrogen) atoms. The van der Waals surface area contributed by atoms with Crippen molar-refractivity contribution in [1.29, 1.82) is 5.26 Å². The maximum atomic E-state index is 10.1. The maximum Gasteiger partial charge on any atom is 0.158 e. The molecule has 5 nitrogen and oxygen atoms in total. The summed E-state index contributed by atoms with van der Waals surface area (Å²) in [6.45, 7) is 0. The highest BCUT2D eigenvalue weighted by Crippen LogP contribution is 2.37. The van der Waals surface area contributed by atoms with Crippen LogP contribution in [0.3, 0.4) is 0 Å². The van der Waals surface area contributed by atoms with Crippen molar-refractivity contribution in [2.75, 3.05) is 28.4 Å². The van der Waals surface area contributed by atoms with Gasteiger partial charge >= 0.3 is 0 Å². The van der Waals surface area contributed by atoms with E-state index in [2.05, 4.69) is 6.07 Å². The zero-order valence-electron chi connectivity index (χ0n) is 15.2. The fourth-order valence-electron chi connectivity index (χ4n) is 3.06. The molecule has 0 heterocycles. The standard InChI is InChI=1S/C20H25NO4/c1-22-18(23-2)12-20(14-21,13-19(24-3)25-4)17-10-9-15-7-5-6-8-16(15)11-17/h5-11,18-19H,12-13H2,1-4H3. The van der Waals surface area contributed by atoms with Crippen LogP contribution in [0.25, 0.3) is 10.8 Å². The van der Waals surface area contributed by atoms with Gasteiger partial charge in [-0.2, -0.15) is 5.26 Å². The van der Waals surface area contributed by atoms with Crippen LogP contribution in [0.15, 0.2) is 42.5 Å². The van der Waals surface area contributed by atoms with Crippen molar-refractivity contribution in [3.63, 3.8) is 0 Å². The minimum absolute atomic E-state index is 0.373. The number of fused-ring (bicyclic) bond motifs is 1. The van der Waals surface area contributed by atoms with Gasteiger partial charge in [0.15, 0.2) is 12.6 Å². The lowest BCUT2D eigenvalue weighted by Crippen LogP contribution is -2.36. The quantitative estimate of drug-likeness (QED) is 0.651. The molecule has 5 heteroatoms. The number of benzene rings is 2. The molecule has 0 amide bonds. The number of nitrogens with zero attached hydrogens (tertiary/aromatic N) is 1. The van der Waals surface area contributed by atoms with E-state index in [9.17, 15) is 5.26 Å². The van der Waals surface area contributed by atoms with Gasteiger partial charge in [0.2, 0.25) is 0 Å². The van der Waals surface area contributed by atoms with Crippen molar-refractivity contribution in [3.8, 4) is 6.07 Å². The summed E-state index contributed by atoms with van der Waals surface area (Å²) in [7, 11) is 6.28. The molecule has 0 fully saturated rings. The first kappa shape index (κ1) is 19.4. The van der Waals surface area contributed by atoms with Gasteiger partial charge in [-0.1, -0.05) is 36.4 Å². The highest BCUT2D eigenvalue weighted by atomic mass is 16.7. The molecule has 0 atom stereocenters. The van der Waals surface area contributed by atoms with Crippen LogP contribution in [0.5, 0.6) is 0 Å². The summed E-state index contributed by atoms with van der Waals surface area (Å²) in [4.78, 5) is 0.